The molecular weight excluding hydrogens is 358 g/mol. The first-order valence-electron chi connectivity index (χ1n) is 8.99. The predicted octanol–water partition coefficient (Wildman–Crippen LogP) is 2.32. The van der Waals surface area contributed by atoms with Crippen molar-refractivity contribution in [1.29, 1.82) is 5.26 Å². The Morgan fingerprint density at radius 1 is 1.43 bits per heavy atom. The van der Waals surface area contributed by atoms with E-state index in [2.05, 4.69) is 21.7 Å². The highest BCUT2D eigenvalue weighted by Gasteiger charge is 2.25. The summed E-state index contributed by atoms with van der Waals surface area (Å²) in [5.74, 6) is 0.0786. The van der Waals surface area contributed by atoms with Crippen LogP contribution in [0, 0.1) is 18.3 Å². The maximum Gasteiger partial charge on any atom is 0.343 e. The number of esters is 1. The van der Waals surface area contributed by atoms with Crippen LogP contribution in [-0.2, 0) is 9.47 Å². The third-order valence-electron chi connectivity index (χ3n) is 4.54. The van der Waals surface area contributed by atoms with Crippen molar-refractivity contribution in [2.75, 3.05) is 31.0 Å². The number of nitrogens with one attached hydrogen (secondary N) is 2. The van der Waals surface area contributed by atoms with Gasteiger partial charge in [0.1, 0.15) is 23.3 Å². The fraction of sp³-hybridized carbons (Fsp3) is 0.350. The first-order chi connectivity index (χ1) is 13.5. The van der Waals surface area contributed by atoms with Crippen LogP contribution >= 0.6 is 0 Å². The number of carbonyl (C=O) groups excluding carboxylic acids is 1. The summed E-state index contributed by atoms with van der Waals surface area (Å²) in [6.07, 6.45) is 0.726. The second-order valence-electron chi connectivity index (χ2n) is 6.65. The highest BCUT2D eigenvalue weighted by atomic mass is 16.5. The minimum atomic E-state index is -0.631. The molecule has 4 N–H and O–H groups in total. The smallest absolute Gasteiger partial charge is 0.343 e. The summed E-state index contributed by atoms with van der Waals surface area (Å²) in [5.41, 5.74) is 8.16. The van der Waals surface area contributed by atoms with Gasteiger partial charge in [0.05, 0.1) is 19.3 Å². The Kier molecular flexibility index (Phi) is 6.09. The molecule has 2 heterocycles. The standard InChI is InChI=1S/C20H23N5O3/c1-12-4-3-5-14(8-12)23-19-18(20(26)27-2)13(10-21)9-17(25-19)24-16-6-7-28-11-15(16)22/h3-5,8-9,15-16H,6-7,11,22H2,1-2H3,(H2,23,24,25). The Morgan fingerprint density at radius 2 is 2.25 bits per heavy atom. The number of carbonyl (C=O) groups is 1. The van der Waals surface area contributed by atoms with Crippen LogP contribution in [-0.4, -0.2) is 43.4 Å². The Hall–Kier alpha value is -3.15. The molecule has 8 heteroatoms. The molecule has 0 aliphatic carbocycles. The molecule has 1 fully saturated rings. The second kappa shape index (κ2) is 8.69. The van der Waals surface area contributed by atoms with E-state index in [9.17, 15) is 10.1 Å². The Balaban J connectivity index is 2.00. The minimum Gasteiger partial charge on any atom is -0.465 e. The van der Waals surface area contributed by atoms with Gasteiger partial charge in [-0.15, -0.1) is 0 Å². The van der Waals surface area contributed by atoms with E-state index in [1.807, 2.05) is 31.2 Å². The van der Waals surface area contributed by atoms with Gasteiger partial charge in [-0.2, -0.15) is 5.26 Å². The molecule has 2 atom stereocenters. The van der Waals surface area contributed by atoms with E-state index in [4.69, 9.17) is 15.2 Å². The lowest BCUT2D eigenvalue weighted by atomic mass is 10.0. The number of benzene rings is 1. The number of pyridine rings is 1. The molecule has 0 bridgehead atoms. The minimum absolute atomic E-state index is 0.0383. The molecular formula is C20H23N5O3. The molecule has 0 spiro atoms. The van der Waals surface area contributed by atoms with E-state index in [0.29, 0.717) is 19.0 Å². The zero-order chi connectivity index (χ0) is 20.1. The maximum absolute atomic E-state index is 12.3. The number of ether oxygens (including phenoxy) is 2. The van der Waals surface area contributed by atoms with Crippen LogP contribution in [0.4, 0.5) is 17.3 Å². The average Bonchev–Trinajstić information content (AvgIpc) is 2.69. The number of rotatable bonds is 5. The van der Waals surface area contributed by atoms with Crippen molar-refractivity contribution in [2.45, 2.75) is 25.4 Å². The first kappa shape index (κ1) is 19.6. The quantitative estimate of drug-likeness (QED) is 0.675. The number of anilines is 3. The normalized spacial score (nSPS) is 18.8. The van der Waals surface area contributed by atoms with Crippen LogP contribution in [0.15, 0.2) is 30.3 Å². The molecule has 2 aromatic rings. The number of hydrogen-bond acceptors (Lipinski definition) is 8. The van der Waals surface area contributed by atoms with Crippen LogP contribution in [0.5, 0.6) is 0 Å². The van der Waals surface area contributed by atoms with Gasteiger partial charge in [-0.25, -0.2) is 9.78 Å². The van der Waals surface area contributed by atoms with Crippen molar-refractivity contribution in [3.05, 3.63) is 47.0 Å². The molecule has 146 valence electrons. The number of hydrogen-bond donors (Lipinski definition) is 3. The van der Waals surface area contributed by atoms with Crippen LogP contribution in [0.25, 0.3) is 0 Å². The van der Waals surface area contributed by atoms with Crippen LogP contribution in [0.1, 0.15) is 27.9 Å². The van der Waals surface area contributed by atoms with Gasteiger partial charge in [0, 0.05) is 24.4 Å². The van der Waals surface area contributed by atoms with Crippen LogP contribution in [0.2, 0.25) is 0 Å². The van der Waals surface area contributed by atoms with Crippen molar-refractivity contribution >= 4 is 23.3 Å². The lowest BCUT2D eigenvalue weighted by Crippen LogP contribution is -2.47. The maximum atomic E-state index is 12.3. The van der Waals surface area contributed by atoms with Gasteiger partial charge in [0.25, 0.3) is 0 Å². The fourth-order valence-electron chi connectivity index (χ4n) is 3.09. The topological polar surface area (TPSA) is 122 Å². The van der Waals surface area contributed by atoms with E-state index in [0.717, 1.165) is 17.7 Å². The number of nitrogens with zero attached hydrogens (tertiary/aromatic N) is 2. The highest BCUT2D eigenvalue weighted by molar-refractivity contribution is 5.98. The zero-order valence-electron chi connectivity index (χ0n) is 15.9. The molecule has 1 saturated heterocycles. The van der Waals surface area contributed by atoms with Crippen LogP contribution in [0.3, 0.4) is 0 Å². The second-order valence-corrected chi connectivity index (χ2v) is 6.65. The third-order valence-corrected chi connectivity index (χ3v) is 4.54. The van der Waals surface area contributed by atoms with Crippen LogP contribution < -0.4 is 16.4 Å². The molecule has 1 aliphatic heterocycles. The fourth-order valence-corrected chi connectivity index (χ4v) is 3.09. The summed E-state index contributed by atoms with van der Waals surface area (Å²) in [6.45, 7) is 3.02. The lowest BCUT2D eigenvalue weighted by Gasteiger charge is -2.30. The first-order valence-corrected chi connectivity index (χ1v) is 8.99. The highest BCUT2D eigenvalue weighted by Crippen LogP contribution is 2.27. The average molecular weight is 381 g/mol. The van der Waals surface area contributed by atoms with Gasteiger partial charge in [0.2, 0.25) is 0 Å². The Labute approximate surface area is 163 Å². The Morgan fingerprint density at radius 3 is 2.93 bits per heavy atom. The molecule has 8 nitrogen and oxygen atoms in total. The van der Waals surface area contributed by atoms with E-state index in [-0.39, 0.29) is 29.0 Å². The third kappa shape index (κ3) is 4.39. The van der Waals surface area contributed by atoms with Gasteiger partial charge in [-0.05, 0) is 37.1 Å². The molecule has 2 unspecified atom stereocenters. The lowest BCUT2D eigenvalue weighted by molar-refractivity contribution is 0.0601. The van der Waals surface area contributed by atoms with Crippen molar-refractivity contribution in [3.63, 3.8) is 0 Å². The van der Waals surface area contributed by atoms with Gasteiger partial charge >= 0.3 is 5.97 Å². The number of nitrogens with two attached hydrogens (primary N) is 1. The van der Waals surface area contributed by atoms with E-state index in [1.165, 1.54) is 13.2 Å². The molecule has 0 radical (unpaired) electrons. The predicted molar refractivity (Wildman–Crippen MR) is 106 cm³/mol. The number of aryl methyl sites for hydroxylation is 1. The molecule has 0 amide bonds. The summed E-state index contributed by atoms with van der Waals surface area (Å²) in [5, 5.41) is 16.0. The Bertz CT molecular complexity index is 909. The van der Waals surface area contributed by atoms with Gasteiger partial charge in [-0.1, -0.05) is 12.1 Å². The zero-order valence-corrected chi connectivity index (χ0v) is 15.9. The van der Waals surface area contributed by atoms with E-state index in [1.54, 1.807) is 0 Å². The molecule has 28 heavy (non-hydrogen) atoms. The largest absolute Gasteiger partial charge is 0.465 e. The molecule has 1 aromatic carbocycles. The van der Waals surface area contributed by atoms with Gasteiger partial charge in [-0.3, -0.25) is 0 Å². The molecule has 0 saturated carbocycles. The van der Waals surface area contributed by atoms with E-state index < -0.39 is 5.97 Å². The molecule has 1 aromatic heterocycles. The monoisotopic (exact) mass is 381 g/mol. The summed E-state index contributed by atoms with van der Waals surface area (Å²) >= 11 is 0. The SMILES string of the molecule is COC(=O)c1c(C#N)cc(NC2CCOCC2N)nc1Nc1cccc(C)c1. The number of nitriles is 1. The van der Waals surface area contributed by atoms with Crippen molar-refractivity contribution in [3.8, 4) is 6.07 Å². The van der Waals surface area contributed by atoms with Crippen molar-refractivity contribution in [1.82, 2.24) is 4.98 Å². The van der Waals surface area contributed by atoms with E-state index >= 15 is 0 Å². The summed E-state index contributed by atoms with van der Waals surface area (Å²) in [4.78, 5) is 16.8. The number of aromatic nitrogens is 1. The number of methoxy groups -OCH3 is 1. The molecule has 1 aliphatic rings. The van der Waals surface area contributed by atoms with Crippen molar-refractivity contribution < 1.29 is 14.3 Å². The summed E-state index contributed by atoms with van der Waals surface area (Å²) < 4.78 is 10.2. The van der Waals surface area contributed by atoms with Gasteiger partial charge in [0.15, 0.2) is 0 Å². The van der Waals surface area contributed by atoms with Crippen molar-refractivity contribution in [2.24, 2.45) is 5.73 Å². The summed E-state index contributed by atoms with van der Waals surface area (Å²) in [6, 6.07) is 11.0. The molecule has 3 rings (SSSR count). The summed E-state index contributed by atoms with van der Waals surface area (Å²) in [7, 11) is 1.27. The van der Waals surface area contributed by atoms with Gasteiger partial charge < -0.3 is 25.8 Å².